The molecule has 0 bridgehead atoms. The van der Waals surface area contributed by atoms with Crippen LogP contribution >= 0.6 is 11.3 Å². The van der Waals surface area contributed by atoms with E-state index < -0.39 is 0 Å². The fourth-order valence-electron chi connectivity index (χ4n) is 2.24. The van der Waals surface area contributed by atoms with E-state index >= 15 is 0 Å². The minimum absolute atomic E-state index is 0.0243. The average Bonchev–Trinajstić information content (AvgIpc) is 3.09. The molecule has 0 saturated carbocycles. The van der Waals surface area contributed by atoms with Crippen LogP contribution in [-0.2, 0) is 13.1 Å². The number of aromatic nitrogens is 3. The monoisotopic (exact) mass is 336 g/mol. The summed E-state index contributed by atoms with van der Waals surface area (Å²) in [5.74, 6) is -0.292. The number of hydrogen-bond acceptors (Lipinski definition) is 4. The zero-order valence-electron chi connectivity index (χ0n) is 12.1. The fraction of sp³-hybridized carbons (Fsp3) is 0.200. The number of halogens is 2. The third kappa shape index (κ3) is 3.22. The van der Waals surface area contributed by atoms with Crippen molar-refractivity contribution in [2.75, 3.05) is 6.54 Å². The molecule has 23 heavy (non-hydrogen) atoms. The van der Waals surface area contributed by atoms with Gasteiger partial charge in [0, 0.05) is 16.1 Å². The van der Waals surface area contributed by atoms with Crippen LogP contribution in [0.4, 0.5) is 8.78 Å². The highest BCUT2D eigenvalue weighted by molar-refractivity contribution is 7.19. The fourth-order valence-corrected chi connectivity index (χ4v) is 3.28. The van der Waals surface area contributed by atoms with Gasteiger partial charge in [-0.2, -0.15) is 5.10 Å². The Balaban J connectivity index is 1.85. The predicted octanol–water partition coefficient (Wildman–Crippen LogP) is 2.26. The lowest BCUT2D eigenvalue weighted by Crippen LogP contribution is -2.26. The first kappa shape index (κ1) is 15.6. The molecule has 0 unspecified atom stereocenters. The van der Waals surface area contributed by atoms with Gasteiger partial charge in [0.15, 0.2) is 0 Å². The van der Waals surface area contributed by atoms with Crippen molar-refractivity contribution in [3.05, 3.63) is 63.7 Å². The van der Waals surface area contributed by atoms with Gasteiger partial charge in [-0.05, 0) is 35.2 Å². The number of nitrogens with two attached hydrogens (primary N) is 1. The van der Waals surface area contributed by atoms with Crippen molar-refractivity contribution in [2.24, 2.45) is 5.73 Å². The second-order valence-electron chi connectivity index (χ2n) is 5.07. The van der Waals surface area contributed by atoms with Crippen LogP contribution in [0.2, 0.25) is 0 Å². The van der Waals surface area contributed by atoms with Crippen molar-refractivity contribution in [3.63, 3.8) is 0 Å². The van der Waals surface area contributed by atoms with Gasteiger partial charge in [-0.3, -0.25) is 4.57 Å². The normalized spacial score (nSPS) is 12.2. The minimum atomic E-state index is -0.346. The Morgan fingerprint density at radius 1 is 1.39 bits per heavy atom. The molecule has 0 fully saturated rings. The van der Waals surface area contributed by atoms with Gasteiger partial charge in [0.25, 0.3) is 0 Å². The molecule has 5 nitrogen and oxygen atoms in total. The first-order chi connectivity index (χ1) is 11.1. The van der Waals surface area contributed by atoms with Crippen molar-refractivity contribution in [1.82, 2.24) is 14.3 Å². The molecule has 0 amide bonds. The number of fused-ring (bicyclic) bond motifs is 1. The number of hydrogen-bond donors (Lipinski definition) is 1. The maximum Gasteiger partial charge on any atom is 0.346 e. The second-order valence-corrected chi connectivity index (χ2v) is 6.23. The van der Waals surface area contributed by atoms with Crippen molar-refractivity contribution in [1.29, 1.82) is 0 Å². The molecule has 3 aromatic rings. The molecule has 0 aliphatic carbocycles. The van der Waals surface area contributed by atoms with Gasteiger partial charge in [0.2, 0.25) is 0 Å². The van der Waals surface area contributed by atoms with Crippen molar-refractivity contribution < 1.29 is 8.78 Å². The number of rotatable bonds is 5. The maximum absolute atomic E-state index is 13.2. The Morgan fingerprint density at radius 3 is 2.96 bits per heavy atom. The molecule has 3 rings (SSSR count). The lowest BCUT2D eigenvalue weighted by Gasteiger charge is -2.01. The smallest absolute Gasteiger partial charge is 0.327 e. The van der Waals surface area contributed by atoms with E-state index in [1.807, 2.05) is 6.07 Å². The van der Waals surface area contributed by atoms with Gasteiger partial charge in [-0.1, -0.05) is 0 Å². The van der Waals surface area contributed by atoms with Crippen LogP contribution in [0, 0.1) is 5.82 Å². The molecule has 2 heterocycles. The van der Waals surface area contributed by atoms with Gasteiger partial charge < -0.3 is 5.73 Å². The van der Waals surface area contributed by atoms with Gasteiger partial charge in [0.1, 0.15) is 12.1 Å². The van der Waals surface area contributed by atoms with Gasteiger partial charge in [-0.15, -0.1) is 11.3 Å². The Bertz CT molecular complexity index is 925. The SMILES string of the molecule is NCC(=CF)Cn1ncn(Cc2cc3cc(F)ccc3s2)c1=O. The summed E-state index contributed by atoms with van der Waals surface area (Å²) in [6.07, 6.45) is 1.80. The molecule has 2 N–H and O–H groups in total. The Kier molecular flexibility index (Phi) is 4.35. The summed E-state index contributed by atoms with van der Waals surface area (Å²) in [6.45, 7) is 0.380. The first-order valence-electron chi connectivity index (χ1n) is 6.89. The van der Waals surface area contributed by atoms with Crippen molar-refractivity contribution >= 4 is 21.4 Å². The molecule has 0 aliphatic rings. The van der Waals surface area contributed by atoms with Crippen LogP contribution in [0.5, 0.6) is 0 Å². The largest absolute Gasteiger partial charge is 0.346 e. The zero-order valence-corrected chi connectivity index (χ0v) is 12.9. The molecular formula is C15H14F2N4OS. The summed E-state index contributed by atoms with van der Waals surface area (Å²) in [4.78, 5) is 13.1. The van der Waals surface area contributed by atoms with Crippen molar-refractivity contribution in [2.45, 2.75) is 13.1 Å². The number of thiophene rings is 1. The van der Waals surface area contributed by atoms with Crippen LogP contribution in [0.15, 0.2) is 47.3 Å². The van der Waals surface area contributed by atoms with E-state index in [2.05, 4.69) is 5.10 Å². The lowest BCUT2D eigenvalue weighted by molar-refractivity contribution is 0.604. The minimum Gasteiger partial charge on any atom is -0.327 e. The molecule has 0 radical (unpaired) electrons. The maximum atomic E-state index is 13.2. The van der Waals surface area contributed by atoms with Crippen LogP contribution in [0.25, 0.3) is 10.1 Å². The van der Waals surface area contributed by atoms with Gasteiger partial charge in [0.05, 0.1) is 19.4 Å². The summed E-state index contributed by atoms with van der Waals surface area (Å²) in [6, 6.07) is 6.43. The topological polar surface area (TPSA) is 65.8 Å². The predicted molar refractivity (Wildman–Crippen MR) is 85.6 cm³/mol. The first-order valence-corrected chi connectivity index (χ1v) is 7.71. The highest BCUT2D eigenvalue weighted by Crippen LogP contribution is 2.26. The lowest BCUT2D eigenvalue weighted by atomic mass is 10.2. The summed E-state index contributed by atoms with van der Waals surface area (Å²) in [7, 11) is 0. The molecule has 0 spiro atoms. The van der Waals surface area contributed by atoms with Crippen LogP contribution in [0.3, 0.4) is 0 Å². The van der Waals surface area contributed by atoms with E-state index in [1.54, 1.807) is 6.07 Å². The highest BCUT2D eigenvalue weighted by atomic mass is 32.1. The molecule has 2 aromatic heterocycles. The van der Waals surface area contributed by atoms with Gasteiger partial charge >= 0.3 is 5.69 Å². The van der Waals surface area contributed by atoms with E-state index in [4.69, 9.17) is 5.73 Å². The summed E-state index contributed by atoms with van der Waals surface area (Å²) >= 11 is 1.49. The molecule has 0 saturated heterocycles. The Hall–Kier alpha value is -2.32. The molecule has 8 heteroatoms. The third-order valence-corrected chi connectivity index (χ3v) is 4.52. The molecular weight excluding hydrogens is 322 g/mol. The average molecular weight is 336 g/mol. The van der Waals surface area contributed by atoms with Crippen LogP contribution in [0.1, 0.15) is 4.88 Å². The van der Waals surface area contributed by atoms with E-state index in [0.29, 0.717) is 12.9 Å². The van der Waals surface area contributed by atoms with Crippen LogP contribution in [-0.4, -0.2) is 20.9 Å². The standard InChI is InChI=1S/C15H14F2N4OS/c16-5-10(6-18)7-21-15(22)20(9-19-21)8-13-4-11-3-12(17)1-2-14(11)23-13/h1-5,9H,6-8,18H2. The zero-order chi connectivity index (χ0) is 16.4. The van der Waals surface area contributed by atoms with Crippen molar-refractivity contribution in [3.8, 4) is 0 Å². The summed E-state index contributed by atoms with van der Waals surface area (Å²) in [5, 5.41) is 4.77. The molecule has 120 valence electrons. The molecule has 0 aliphatic heterocycles. The summed E-state index contributed by atoms with van der Waals surface area (Å²) in [5.41, 5.74) is 5.32. The molecule has 1 aromatic carbocycles. The molecule has 0 atom stereocenters. The van der Waals surface area contributed by atoms with E-state index in [1.165, 1.54) is 34.4 Å². The van der Waals surface area contributed by atoms with E-state index in [0.717, 1.165) is 19.6 Å². The second kappa shape index (κ2) is 6.43. The highest BCUT2D eigenvalue weighted by Gasteiger charge is 2.09. The van der Waals surface area contributed by atoms with E-state index in [-0.39, 0.29) is 30.2 Å². The summed E-state index contributed by atoms with van der Waals surface area (Å²) < 4.78 is 29.3. The Morgan fingerprint density at radius 2 is 2.22 bits per heavy atom. The van der Waals surface area contributed by atoms with Crippen LogP contribution < -0.4 is 11.4 Å². The quantitative estimate of drug-likeness (QED) is 0.777. The number of benzene rings is 1. The number of nitrogens with zero attached hydrogens (tertiary/aromatic N) is 3. The van der Waals surface area contributed by atoms with Gasteiger partial charge in [-0.25, -0.2) is 18.3 Å². The van der Waals surface area contributed by atoms with E-state index in [9.17, 15) is 13.6 Å². The Labute approximate surface area is 134 Å². The third-order valence-electron chi connectivity index (χ3n) is 3.42.